The molecule has 0 saturated carbocycles. The Morgan fingerprint density at radius 3 is 1.52 bits per heavy atom. The molecule has 0 heterocycles. The lowest BCUT2D eigenvalue weighted by molar-refractivity contribution is -0.173. The minimum atomic E-state index is -5.86. The van der Waals surface area contributed by atoms with Crippen molar-refractivity contribution in [2.45, 2.75) is 18.5 Å². The first kappa shape index (κ1) is 22.3. The molecule has 1 aliphatic rings. The first-order valence-corrected chi connectivity index (χ1v) is 8.61. The number of allylic oxidation sites excluding steroid dienone is 2. The van der Waals surface area contributed by atoms with Crippen LogP contribution in [0.1, 0.15) is 11.1 Å². The summed E-state index contributed by atoms with van der Waals surface area (Å²) in [6.07, 6.45) is -13.9. The van der Waals surface area contributed by atoms with Gasteiger partial charge in [-0.05, 0) is 41.5 Å². The van der Waals surface area contributed by atoms with E-state index in [9.17, 15) is 46.8 Å². The van der Waals surface area contributed by atoms with Gasteiger partial charge in [0.2, 0.25) is 0 Å². The minimum absolute atomic E-state index is 0.0331. The van der Waals surface area contributed by atoms with Gasteiger partial charge in [0.05, 0.1) is 0 Å². The van der Waals surface area contributed by atoms with Crippen LogP contribution in [-0.2, 0) is 0 Å². The number of halogens is 6. The molecule has 2 aromatic carbocycles. The number of aliphatic hydroxyl groups excluding tert-OH is 2. The Labute approximate surface area is 171 Å². The number of rotatable bonds is 2. The summed E-state index contributed by atoms with van der Waals surface area (Å²) >= 11 is 0. The Kier molecular flexibility index (Phi) is 5.53. The van der Waals surface area contributed by atoms with Gasteiger partial charge >= 0.3 is 12.4 Å². The van der Waals surface area contributed by atoms with Crippen molar-refractivity contribution < 1.29 is 46.8 Å². The predicted molar refractivity (Wildman–Crippen MR) is 98.9 cm³/mol. The lowest BCUT2D eigenvalue weighted by Crippen LogP contribution is -2.32. The fraction of sp³-hybridized carbons (Fsp3) is 0.143. The van der Waals surface area contributed by atoms with Gasteiger partial charge in [-0.2, -0.15) is 26.3 Å². The van der Waals surface area contributed by atoms with E-state index in [0.717, 1.165) is 12.1 Å². The average molecular weight is 444 g/mol. The fourth-order valence-electron chi connectivity index (χ4n) is 3.30. The third-order valence-corrected chi connectivity index (χ3v) is 4.58. The quantitative estimate of drug-likeness (QED) is 0.478. The molecule has 3 rings (SSSR count). The molecule has 10 heteroatoms. The third-order valence-electron chi connectivity index (χ3n) is 4.58. The summed E-state index contributed by atoms with van der Waals surface area (Å²) in [7, 11) is 0. The Balaban J connectivity index is 2.37. The van der Waals surface area contributed by atoms with Crippen LogP contribution in [0.3, 0.4) is 0 Å². The van der Waals surface area contributed by atoms with Crippen LogP contribution in [0.5, 0.6) is 11.5 Å². The zero-order valence-electron chi connectivity index (χ0n) is 15.3. The van der Waals surface area contributed by atoms with Crippen LogP contribution in [0, 0.1) is 0 Å². The second-order valence-electron chi connectivity index (χ2n) is 6.64. The van der Waals surface area contributed by atoms with Crippen LogP contribution >= 0.6 is 0 Å². The molecule has 1 aliphatic carbocycles. The highest BCUT2D eigenvalue weighted by Crippen LogP contribution is 2.47. The van der Waals surface area contributed by atoms with Gasteiger partial charge in [-0.3, -0.25) is 0 Å². The Morgan fingerprint density at radius 2 is 1.10 bits per heavy atom. The molecule has 2 aromatic rings. The van der Waals surface area contributed by atoms with E-state index in [-0.39, 0.29) is 34.3 Å². The van der Waals surface area contributed by atoms with Crippen LogP contribution in [0.25, 0.3) is 11.1 Å². The Bertz CT molecular complexity index is 1060. The van der Waals surface area contributed by atoms with Crippen molar-refractivity contribution in [3.05, 3.63) is 82.6 Å². The van der Waals surface area contributed by atoms with Crippen LogP contribution < -0.4 is 0 Å². The molecular formula is C21H14F6O4. The van der Waals surface area contributed by atoms with Gasteiger partial charge in [0, 0.05) is 16.7 Å². The van der Waals surface area contributed by atoms with E-state index in [2.05, 4.69) is 0 Å². The van der Waals surface area contributed by atoms with Crippen molar-refractivity contribution >= 4 is 11.1 Å². The molecule has 164 valence electrons. The Hall–Kier alpha value is -3.40. The maximum absolute atomic E-state index is 13.3. The highest BCUT2D eigenvalue weighted by molar-refractivity contribution is 6.02. The summed E-state index contributed by atoms with van der Waals surface area (Å²) in [5, 5.41) is 40.0. The second kappa shape index (κ2) is 7.69. The first-order valence-electron chi connectivity index (χ1n) is 8.61. The maximum atomic E-state index is 13.3. The SMILES string of the molecule is OC1=CC(=C(C(F)(F)F)C(F)(F)F)C(O)C(c2ccc(O)cc2)=C1c1ccc(O)cc1. The molecule has 0 fully saturated rings. The molecule has 0 amide bonds. The van der Waals surface area contributed by atoms with Gasteiger partial charge < -0.3 is 20.4 Å². The first-order chi connectivity index (χ1) is 14.3. The lowest BCUT2D eigenvalue weighted by atomic mass is 9.81. The number of hydrogen-bond donors (Lipinski definition) is 4. The van der Waals surface area contributed by atoms with Crippen molar-refractivity contribution in [1.29, 1.82) is 0 Å². The van der Waals surface area contributed by atoms with E-state index in [0.29, 0.717) is 0 Å². The van der Waals surface area contributed by atoms with Gasteiger partial charge in [-0.1, -0.05) is 24.3 Å². The summed E-state index contributed by atoms with van der Waals surface area (Å²) in [6, 6.07) is 9.51. The monoisotopic (exact) mass is 444 g/mol. The highest BCUT2D eigenvalue weighted by Gasteiger charge is 2.54. The van der Waals surface area contributed by atoms with Gasteiger partial charge in [-0.15, -0.1) is 0 Å². The Morgan fingerprint density at radius 1 is 0.677 bits per heavy atom. The van der Waals surface area contributed by atoms with Crippen molar-refractivity contribution in [1.82, 2.24) is 0 Å². The van der Waals surface area contributed by atoms with Gasteiger partial charge in [0.25, 0.3) is 0 Å². The van der Waals surface area contributed by atoms with Crippen LogP contribution in [0.15, 0.2) is 71.5 Å². The highest BCUT2D eigenvalue weighted by atomic mass is 19.4. The number of aromatic hydroxyl groups is 2. The molecule has 0 spiro atoms. The maximum Gasteiger partial charge on any atom is 0.421 e. The lowest BCUT2D eigenvalue weighted by Gasteiger charge is -2.29. The number of hydrogen-bond acceptors (Lipinski definition) is 4. The molecular weight excluding hydrogens is 430 g/mol. The minimum Gasteiger partial charge on any atom is -0.508 e. The molecule has 4 N–H and O–H groups in total. The number of aliphatic hydroxyl groups is 2. The number of phenolic OH excluding ortho intramolecular Hbond substituents is 2. The topological polar surface area (TPSA) is 80.9 Å². The number of phenols is 2. The standard InChI is InChI=1S/C21H14F6O4/c22-20(23,24)19(21(25,26)27)14-9-15(30)16(10-1-5-12(28)6-2-10)17(18(14)31)11-3-7-13(29)8-4-11/h1-9,18,28-31H. The predicted octanol–water partition coefficient (Wildman–Crippen LogP) is 5.25. The van der Waals surface area contributed by atoms with E-state index in [1.54, 1.807) is 0 Å². The van der Waals surface area contributed by atoms with Crippen LogP contribution in [0.4, 0.5) is 26.3 Å². The summed E-state index contributed by atoms with van der Waals surface area (Å²) in [4.78, 5) is 0. The summed E-state index contributed by atoms with van der Waals surface area (Å²) in [5.74, 6) is -1.35. The molecule has 4 nitrogen and oxygen atoms in total. The van der Waals surface area contributed by atoms with Gasteiger partial charge in [-0.25, -0.2) is 0 Å². The van der Waals surface area contributed by atoms with E-state index in [1.807, 2.05) is 0 Å². The molecule has 0 aliphatic heterocycles. The van der Waals surface area contributed by atoms with E-state index < -0.39 is 40.9 Å². The molecule has 0 aromatic heterocycles. The third kappa shape index (κ3) is 4.38. The van der Waals surface area contributed by atoms with E-state index in [1.165, 1.54) is 36.4 Å². The van der Waals surface area contributed by atoms with Crippen molar-refractivity contribution in [2.75, 3.05) is 0 Å². The van der Waals surface area contributed by atoms with Crippen LogP contribution in [0.2, 0.25) is 0 Å². The van der Waals surface area contributed by atoms with Crippen molar-refractivity contribution in [3.8, 4) is 11.5 Å². The summed E-state index contributed by atoms with van der Waals surface area (Å²) in [5.41, 5.74) is -5.09. The number of benzene rings is 2. The van der Waals surface area contributed by atoms with Crippen molar-refractivity contribution in [3.63, 3.8) is 0 Å². The second-order valence-corrected chi connectivity index (χ2v) is 6.64. The largest absolute Gasteiger partial charge is 0.508 e. The summed E-state index contributed by atoms with van der Waals surface area (Å²) in [6.45, 7) is 0. The molecule has 1 atom stereocenters. The fourth-order valence-corrected chi connectivity index (χ4v) is 3.30. The zero-order chi connectivity index (χ0) is 23.1. The smallest absolute Gasteiger partial charge is 0.421 e. The summed E-state index contributed by atoms with van der Waals surface area (Å²) < 4.78 is 79.6. The normalized spacial score (nSPS) is 17.6. The van der Waals surface area contributed by atoms with E-state index in [4.69, 9.17) is 0 Å². The molecule has 1 unspecified atom stereocenters. The van der Waals surface area contributed by atoms with Crippen LogP contribution in [-0.4, -0.2) is 38.9 Å². The van der Waals surface area contributed by atoms with Gasteiger partial charge in [0.15, 0.2) is 0 Å². The van der Waals surface area contributed by atoms with E-state index >= 15 is 0 Å². The van der Waals surface area contributed by atoms with Gasteiger partial charge in [0.1, 0.15) is 28.9 Å². The molecule has 0 radical (unpaired) electrons. The average Bonchev–Trinajstić information content (AvgIpc) is 2.64. The molecule has 0 bridgehead atoms. The van der Waals surface area contributed by atoms with Crippen molar-refractivity contribution in [2.24, 2.45) is 0 Å². The molecule has 0 saturated heterocycles. The number of alkyl halides is 6. The zero-order valence-corrected chi connectivity index (χ0v) is 15.3. The molecule has 31 heavy (non-hydrogen) atoms.